The number of aliphatic hydroxyl groups is 2. The summed E-state index contributed by atoms with van der Waals surface area (Å²) in [4.78, 5) is 0. The fourth-order valence-corrected chi connectivity index (χ4v) is 1.34. The molecule has 0 fully saturated rings. The molecule has 0 aliphatic rings. The molecule has 0 radical (unpaired) electrons. The van der Waals surface area contributed by atoms with E-state index in [0.29, 0.717) is 26.4 Å². The van der Waals surface area contributed by atoms with Crippen molar-refractivity contribution in [2.45, 2.75) is 41.5 Å². The molecule has 116 valence electrons. The first kappa shape index (κ1) is 18.8. The number of aliphatic hydroxyl groups excluding tert-OH is 2. The molecule has 0 heterocycles. The van der Waals surface area contributed by atoms with Crippen LogP contribution >= 0.6 is 0 Å². The second kappa shape index (κ2) is 7.58. The smallest absolute Gasteiger partial charge is 0.0539 e. The molecular weight excluding hydrogens is 244 g/mol. The van der Waals surface area contributed by atoms with Crippen LogP contribution in [0.5, 0.6) is 0 Å². The third-order valence-corrected chi connectivity index (χ3v) is 2.83. The average Bonchev–Trinajstić information content (AvgIpc) is 2.28. The molecule has 0 amide bonds. The lowest BCUT2D eigenvalue weighted by molar-refractivity contribution is -0.0525. The number of rotatable bonds is 10. The van der Waals surface area contributed by atoms with Gasteiger partial charge in [-0.3, -0.25) is 0 Å². The summed E-state index contributed by atoms with van der Waals surface area (Å²) in [6, 6.07) is 0. The van der Waals surface area contributed by atoms with Crippen molar-refractivity contribution in [2.24, 2.45) is 16.2 Å². The third kappa shape index (κ3) is 9.38. The predicted molar refractivity (Wildman–Crippen MR) is 77.2 cm³/mol. The van der Waals surface area contributed by atoms with Crippen LogP contribution in [0, 0.1) is 16.2 Å². The highest BCUT2D eigenvalue weighted by Gasteiger charge is 2.24. The summed E-state index contributed by atoms with van der Waals surface area (Å²) in [7, 11) is 0. The van der Waals surface area contributed by atoms with E-state index in [2.05, 4.69) is 13.8 Å². The highest BCUT2D eigenvalue weighted by Crippen LogP contribution is 2.21. The molecule has 0 saturated heterocycles. The van der Waals surface area contributed by atoms with Crippen LogP contribution in [-0.2, 0) is 9.47 Å². The van der Waals surface area contributed by atoms with Crippen LogP contribution in [0.3, 0.4) is 0 Å². The van der Waals surface area contributed by atoms with Gasteiger partial charge >= 0.3 is 0 Å². The first-order valence-corrected chi connectivity index (χ1v) is 6.91. The average molecular weight is 276 g/mol. The number of hydrogen-bond acceptors (Lipinski definition) is 4. The molecule has 4 nitrogen and oxygen atoms in total. The van der Waals surface area contributed by atoms with E-state index >= 15 is 0 Å². The Morgan fingerprint density at radius 3 is 1.11 bits per heavy atom. The molecule has 0 unspecified atom stereocenters. The summed E-state index contributed by atoms with van der Waals surface area (Å²) in [5.74, 6) is 0. The largest absolute Gasteiger partial charge is 0.396 e. The van der Waals surface area contributed by atoms with Crippen molar-refractivity contribution < 1.29 is 19.7 Å². The van der Waals surface area contributed by atoms with Crippen LogP contribution in [-0.4, -0.2) is 49.9 Å². The Morgan fingerprint density at radius 1 is 0.579 bits per heavy atom. The molecule has 0 aromatic heterocycles. The van der Waals surface area contributed by atoms with E-state index in [-0.39, 0.29) is 29.5 Å². The summed E-state index contributed by atoms with van der Waals surface area (Å²) >= 11 is 0. The monoisotopic (exact) mass is 276 g/mol. The van der Waals surface area contributed by atoms with Gasteiger partial charge < -0.3 is 19.7 Å². The number of ether oxygens (including phenoxy) is 2. The lowest BCUT2D eigenvalue weighted by atomic mass is 9.94. The maximum atomic E-state index is 9.15. The minimum atomic E-state index is -0.199. The minimum absolute atomic E-state index is 0.0723. The van der Waals surface area contributed by atoms with E-state index in [1.807, 2.05) is 27.7 Å². The van der Waals surface area contributed by atoms with Crippen LogP contribution in [0.15, 0.2) is 0 Å². The number of hydrogen-bond donors (Lipinski definition) is 2. The minimum Gasteiger partial charge on any atom is -0.396 e. The molecule has 0 aliphatic heterocycles. The Morgan fingerprint density at radius 2 is 0.842 bits per heavy atom. The first-order chi connectivity index (χ1) is 8.54. The predicted octanol–water partition coefficient (Wildman–Crippen LogP) is 2.08. The standard InChI is InChI=1S/C15H32O4/c1-13(2,7-16)9-18-11-15(5,6)12-19-10-14(3,4)8-17/h16-17H,7-12H2,1-6H3. The van der Waals surface area contributed by atoms with Gasteiger partial charge in [0.25, 0.3) is 0 Å². The van der Waals surface area contributed by atoms with Crippen LogP contribution < -0.4 is 0 Å². The van der Waals surface area contributed by atoms with E-state index < -0.39 is 0 Å². The fraction of sp³-hybridized carbons (Fsp3) is 1.00. The lowest BCUT2D eigenvalue weighted by Gasteiger charge is -2.29. The normalized spacial score (nSPS) is 13.9. The van der Waals surface area contributed by atoms with Crippen molar-refractivity contribution in [1.29, 1.82) is 0 Å². The molecule has 19 heavy (non-hydrogen) atoms. The molecule has 0 aromatic carbocycles. The van der Waals surface area contributed by atoms with E-state index in [4.69, 9.17) is 19.7 Å². The topological polar surface area (TPSA) is 58.9 Å². The van der Waals surface area contributed by atoms with Gasteiger partial charge in [0.05, 0.1) is 39.6 Å². The van der Waals surface area contributed by atoms with E-state index in [9.17, 15) is 0 Å². The summed E-state index contributed by atoms with van der Waals surface area (Å²) in [6.45, 7) is 14.6. The van der Waals surface area contributed by atoms with Gasteiger partial charge in [-0.05, 0) is 0 Å². The van der Waals surface area contributed by atoms with Gasteiger partial charge in [0, 0.05) is 16.2 Å². The molecule has 0 aromatic rings. The maximum absolute atomic E-state index is 9.15. The van der Waals surface area contributed by atoms with Crippen molar-refractivity contribution in [3.63, 3.8) is 0 Å². The summed E-state index contributed by atoms with van der Waals surface area (Å²) in [6.07, 6.45) is 0. The fourth-order valence-electron chi connectivity index (χ4n) is 1.34. The molecule has 0 aliphatic carbocycles. The van der Waals surface area contributed by atoms with Crippen molar-refractivity contribution in [2.75, 3.05) is 39.6 Å². The third-order valence-electron chi connectivity index (χ3n) is 2.83. The second-order valence-corrected chi connectivity index (χ2v) is 7.79. The van der Waals surface area contributed by atoms with Crippen molar-refractivity contribution in [1.82, 2.24) is 0 Å². The van der Waals surface area contributed by atoms with E-state index in [1.54, 1.807) is 0 Å². The zero-order valence-electron chi connectivity index (χ0n) is 13.5. The molecular formula is C15H32O4. The van der Waals surface area contributed by atoms with Gasteiger partial charge in [-0.15, -0.1) is 0 Å². The Balaban J connectivity index is 3.93. The highest BCUT2D eigenvalue weighted by molar-refractivity contribution is 4.72. The Kier molecular flexibility index (Phi) is 7.51. The lowest BCUT2D eigenvalue weighted by Crippen LogP contribution is -2.32. The molecule has 0 atom stereocenters. The summed E-state index contributed by atoms with van der Waals surface area (Å²) in [5, 5.41) is 18.3. The Bertz CT molecular complexity index is 223. The van der Waals surface area contributed by atoms with Gasteiger partial charge in [0.1, 0.15) is 0 Å². The van der Waals surface area contributed by atoms with E-state index in [1.165, 1.54) is 0 Å². The SMILES string of the molecule is CC(C)(CO)COCC(C)(C)COCC(C)(C)CO. The Hall–Kier alpha value is -0.160. The van der Waals surface area contributed by atoms with Crippen molar-refractivity contribution in [3.8, 4) is 0 Å². The quantitative estimate of drug-likeness (QED) is 0.641. The van der Waals surface area contributed by atoms with Gasteiger partial charge in [-0.25, -0.2) is 0 Å². The Labute approximate surface area is 118 Å². The van der Waals surface area contributed by atoms with Crippen LogP contribution in [0.1, 0.15) is 41.5 Å². The highest BCUT2D eigenvalue weighted by atomic mass is 16.5. The maximum Gasteiger partial charge on any atom is 0.0539 e. The van der Waals surface area contributed by atoms with Gasteiger partial charge in [0.15, 0.2) is 0 Å². The molecule has 0 saturated carbocycles. The van der Waals surface area contributed by atoms with Gasteiger partial charge in [-0.2, -0.15) is 0 Å². The van der Waals surface area contributed by atoms with Crippen LogP contribution in [0.25, 0.3) is 0 Å². The second-order valence-electron chi connectivity index (χ2n) is 7.79. The van der Waals surface area contributed by atoms with Gasteiger partial charge in [-0.1, -0.05) is 41.5 Å². The van der Waals surface area contributed by atoms with Crippen LogP contribution in [0.4, 0.5) is 0 Å². The molecule has 0 bridgehead atoms. The molecule has 0 spiro atoms. The van der Waals surface area contributed by atoms with E-state index in [0.717, 1.165) is 0 Å². The van der Waals surface area contributed by atoms with Crippen molar-refractivity contribution >= 4 is 0 Å². The zero-order chi connectivity index (χ0) is 15.2. The first-order valence-electron chi connectivity index (χ1n) is 6.91. The molecule has 2 N–H and O–H groups in total. The van der Waals surface area contributed by atoms with Gasteiger partial charge in [0.2, 0.25) is 0 Å². The molecule has 4 heteroatoms. The summed E-state index contributed by atoms with van der Waals surface area (Å²) < 4.78 is 11.3. The van der Waals surface area contributed by atoms with Crippen molar-refractivity contribution in [3.05, 3.63) is 0 Å². The van der Waals surface area contributed by atoms with Crippen LogP contribution in [0.2, 0.25) is 0 Å². The molecule has 0 rings (SSSR count). The zero-order valence-corrected chi connectivity index (χ0v) is 13.5. The summed E-state index contributed by atoms with van der Waals surface area (Å²) in [5.41, 5.74) is -0.470.